The van der Waals surface area contributed by atoms with Crippen molar-refractivity contribution in [3.05, 3.63) is 23.3 Å². The van der Waals surface area contributed by atoms with Gasteiger partial charge >= 0.3 is 0 Å². The molecular formula is C20H26N2. The van der Waals surface area contributed by atoms with Crippen molar-refractivity contribution >= 4 is 0 Å². The van der Waals surface area contributed by atoms with Crippen molar-refractivity contribution in [3.63, 3.8) is 0 Å². The Labute approximate surface area is 135 Å². The van der Waals surface area contributed by atoms with Gasteiger partial charge in [0.25, 0.3) is 0 Å². The highest BCUT2D eigenvalue weighted by Gasteiger charge is 2.10. The maximum absolute atomic E-state index is 3.36. The molecule has 0 amide bonds. The monoisotopic (exact) mass is 294 g/mol. The molecule has 0 aromatic carbocycles. The van der Waals surface area contributed by atoms with Gasteiger partial charge in [-0.3, -0.25) is 9.80 Å². The van der Waals surface area contributed by atoms with Crippen LogP contribution in [0, 0.1) is 23.7 Å². The number of hydrogen-bond acceptors (Lipinski definition) is 2. The van der Waals surface area contributed by atoms with Crippen molar-refractivity contribution in [1.29, 1.82) is 0 Å². The molecule has 0 aromatic heterocycles. The standard InChI is InChI=1S/C20H26N2/c1-2-10-20(12-8-18-22-15-5-6-16-22)19(9-1)11-7-17-21-13-3-4-14-21/h9-10H,1-6,13-18H2. The summed E-state index contributed by atoms with van der Waals surface area (Å²) in [5, 5.41) is 0. The molecule has 2 heteroatoms. The van der Waals surface area contributed by atoms with Gasteiger partial charge in [0.05, 0.1) is 13.1 Å². The largest absolute Gasteiger partial charge is 0.292 e. The maximum Gasteiger partial charge on any atom is 0.0605 e. The van der Waals surface area contributed by atoms with Crippen LogP contribution in [0.4, 0.5) is 0 Å². The predicted octanol–water partition coefficient (Wildman–Crippen LogP) is 2.83. The lowest BCUT2D eigenvalue weighted by Crippen LogP contribution is -2.19. The van der Waals surface area contributed by atoms with Crippen LogP contribution < -0.4 is 0 Å². The van der Waals surface area contributed by atoms with Gasteiger partial charge in [-0.1, -0.05) is 35.8 Å². The zero-order chi connectivity index (χ0) is 15.0. The van der Waals surface area contributed by atoms with Gasteiger partial charge in [0.2, 0.25) is 0 Å². The summed E-state index contributed by atoms with van der Waals surface area (Å²) in [6.07, 6.45) is 12.0. The highest BCUT2D eigenvalue weighted by atomic mass is 15.1. The zero-order valence-corrected chi connectivity index (χ0v) is 13.5. The molecule has 2 saturated heterocycles. The van der Waals surface area contributed by atoms with Gasteiger partial charge in [-0.2, -0.15) is 0 Å². The van der Waals surface area contributed by atoms with E-state index in [1.807, 2.05) is 0 Å². The summed E-state index contributed by atoms with van der Waals surface area (Å²) < 4.78 is 0. The summed E-state index contributed by atoms with van der Waals surface area (Å²) >= 11 is 0. The van der Waals surface area contributed by atoms with Crippen LogP contribution in [0.5, 0.6) is 0 Å². The number of rotatable bonds is 2. The molecule has 3 aliphatic rings. The number of likely N-dealkylation sites (tertiary alicyclic amines) is 2. The molecule has 2 fully saturated rings. The molecule has 2 nitrogen and oxygen atoms in total. The van der Waals surface area contributed by atoms with Crippen molar-refractivity contribution < 1.29 is 0 Å². The van der Waals surface area contributed by atoms with E-state index in [4.69, 9.17) is 0 Å². The molecule has 0 atom stereocenters. The van der Waals surface area contributed by atoms with Crippen LogP contribution in [0.2, 0.25) is 0 Å². The first-order valence-electron chi connectivity index (χ1n) is 8.75. The minimum atomic E-state index is 0.909. The van der Waals surface area contributed by atoms with Crippen molar-refractivity contribution in [2.24, 2.45) is 0 Å². The Morgan fingerprint density at radius 3 is 1.50 bits per heavy atom. The summed E-state index contributed by atoms with van der Waals surface area (Å²) in [4.78, 5) is 4.89. The molecule has 2 heterocycles. The second-order valence-corrected chi connectivity index (χ2v) is 6.38. The first-order valence-corrected chi connectivity index (χ1v) is 8.75. The van der Waals surface area contributed by atoms with Crippen LogP contribution in [-0.2, 0) is 0 Å². The molecule has 0 N–H and O–H groups in total. The topological polar surface area (TPSA) is 6.48 Å². The van der Waals surface area contributed by atoms with E-state index in [9.17, 15) is 0 Å². The fraction of sp³-hybridized carbons (Fsp3) is 0.600. The molecule has 3 rings (SSSR count). The third kappa shape index (κ3) is 4.51. The van der Waals surface area contributed by atoms with Crippen molar-refractivity contribution in [1.82, 2.24) is 9.80 Å². The first kappa shape index (κ1) is 15.4. The second kappa shape index (κ2) is 8.23. The molecule has 0 unspecified atom stereocenters. The third-order valence-electron chi connectivity index (χ3n) is 4.60. The Kier molecular flexibility index (Phi) is 5.77. The van der Waals surface area contributed by atoms with E-state index < -0.39 is 0 Å². The van der Waals surface area contributed by atoms with E-state index >= 15 is 0 Å². The Hall–Kier alpha value is -1.48. The fourth-order valence-electron chi connectivity index (χ4n) is 3.29. The van der Waals surface area contributed by atoms with Crippen LogP contribution >= 0.6 is 0 Å². The average molecular weight is 294 g/mol. The van der Waals surface area contributed by atoms with E-state index in [2.05, 4.69) is 45.6 Å². The van der Waals surface area contributed by atoms with Crippen molar-refractivity contribution in [2.45, 2.75) is 38.5 Å². The Bertz CT molecular complexity index is 498. The van der Waals surface area contributed by atoms with Crippen molar-refractivity contribution in [2.75, 3.05) is 39.3 Å². The number of nitrogens with zero attached hydrogens (tertiary/aromatic N) is 2. The number of allylic oxidation sites excluding steroid dienone is 4. The van der Waals surface area contributed by atoms with Crippen LogP contribution in [0.25, 0.3) is 0 Å². The minimum Gasteiger partial charge on any atom is -0.292 e. The second-order valence-electron chi connectivity index (χ2n) is 6.38. The first-order chi connectivity index (χ1) is 10.9. The molecule has 2 aliphatic heterocycles. The van der Waals surface area contributed by atoms with Crippen LogP contribution in [0.15, 0.2) is 23.3 Å². The predicted molar refractivity (Wildman–Crippen MR) is 92.3 cm³/mol. The summed E-state index contributed by atoms with van der Waals surface area (Å²) in [6.45, 7) is 6.67. The van der Waals surface area contributed by atoms with Crippen LogP contribution in [0.1, 0.15) is 38.5 Å². The molecule has 0 saturated carbocycles. The Morgan fingerprint density at radius 2 is 1.09 bits per heavy atom. The van der Waals surface area contributed by atoms with Gasteiger partial charge in [-0.15, -0.1) is 0 Å². The lowest BCUT2D eigenvalue weighted by atomic mass is 9.98. The van der Waals surface area contributed by atoms with E-state index in [1.165, 1.54) is 51.9 Å². The summed E-state index contributed by atoms with van der Waals surface area (Å²) in [6, 6.07) is 0. The molecule has 1 aliphatic carbocycles. The van der Waals surface area contributed by atoms with Gasteiger partial charge in [-0.05, 0) is 64.7 Å². The number of hydrogen-bond donors (Lipinski definition) is 0. The highest BCUT2D eigenvalue weighted by molar-refractivity contribution is 5.56. The molecule has 0 aromatic rings. The minimum absolute atomic E-state index is 0.909. The normalized spacial score (nSPS) is 22.4. The summed E-state index contributed by atoms with van der Waals surface area (Å²) in [5.74, 6) is 13.4. The lowest BCUT2D eigenvalue weighted by Gasteiger charge is -2.10. The zero-order valence-electron chi connectivity index (χ0n) is 13.5. The average Bonchev–Trinajstić information content (AvgIpc) is 3.22. The van der Waals surface area contributed by atoms with Gasteiger partial charge in [0, 0.05) is 11.1 Å². The summed E-state index contributed by atoms with van der Waals surface area (Å²) in [7, 11) is 0. The highest BCUT2D eigenvalue weighted by Crippen LogP contribution is 2.17. The molecule has 0 radical (unpaired) electrons. The van der Waals surface area contributed by atoms with E-state index in [0.29, 0.717) is 0 Å². The molecular weight excluding hydrogens is 268 g/mol. The molecule has 116 valence electrons. The molecule has 22 heavy (non-hydrogen) atoms. The quantitative estimate of drug-likeness (QED) is 0.723. The van der Waals surface area contributed by atoms with Crippen molar-refractivity contribution in [3.8, 4) is 23.7 Å². The fourth-order valence-corrected chi connectivity index (χ4v) is 3.29. The van der Waals surface area contributed by atoms with E-state index in [-0.39, 0.29) is 0 Å². The van der Waals surface area contributed by atoms with Gasteiger partial charge in [0.1, 0.15) is 0 Å². The maximum atomic E-state index is 3.36. The van der Waals surface area contributed by atoms with E-state index in [0.717, 1.165) is 37.1 Å². The molecule has 0 bridgehead atoms. The van der Waals surface area contributed by atoms with Gasteiger partial charge in [0.15, 0.2) is 0 Å². The Morgan fingerprint density at radius 1 is 0.682 bits per heavy atom. The van der Waals surface area contributed by atoms with Gasteiger partial charge < -0.3 is 0 Å². The summed E-state index contributed by atoms with van der Waals surface area (Å²) in [5.41, 5.74) is 2.30. The SMILES string of the molecule is C(#CC1=CCCC=C1C#CCN1CCCC1)CN1CCCC1. The van der Waals surface area contributed by atoms with E-state index in [1.54, 1.807) is 0 Å². The Balaban J connectivity index is 1.55. The lowest BCUT2D eigenvalue weighted by molar-refractivity contribution is 0.383. The third-order valence-corrected chi connectivity index (χ3v) is 4.60. The van der Waals surface area contributed by atoms with Crippen LogP contribution in [0.3, 0.4) is 0 Å². The van der Waals surface area contributed by atoms with Crippen LogP contribution in [-0.4, -0.2) is 49.1 Å². The molecule has 0 spiro atoms. The smallest absolute Gasteiger partial charge is 0.0605 e. The van der Waals surface area contributed by atoms with Gasteiger partial charge in [-0.25, -0.2) is 0 Å².